The zero-order valence-electron chi connectivity index (χ0n) is 15.9. The molecule has 4 aliphatic rings. The van der Waals surface area contributed by atoms with Gasteiger partial charge >= 0.3 is 0 Å². The molecule has 4 heterocycles. The monoisotopic (exact) mass is 371 g/mol. The van der Waals surface area contributed by atoms with E-state index in [1.807, 2.05) is 4.90 Å². The van der Waals surface area contributed by atoms with Gasteiger partial charge in [0.05, 0.1) is 12.2 Å². The fourth-order valence-corrected chi connectivity index (χ4v) is 4.71. The standard InChI is InChI=1S/C21H29N3O3/c25-21(24-11-17-8-22-9-18(17)12-24)16-7-19(15-1-2-15)20(23-10-16)27-13-14-3-5-26-6-4-14/h7,10,14-15,17-18,22H,1-6,8-9,11-13H2/t17-,18-/m0/s1. The lowest BCUT2D eigenvalue weighted by Crippen LogP contribution is -2.32. The summed E-state index contributed by atoms with van der Waals surface area (Å²) >= 11 is 0. The zero-order chi connectivity index (χ0) is 18.2. The van der Waals surface area contributed by atoms with Crippen LogP contribution in [0.5, 0.6) is 5.88 Å². The second kappa shape index (κ2) is 7.40. The Morgan fingerprint density at radius 3 is 2.63 bits per heavy atom. The summed E-state index contributed by atoms with van der Waals surface area (Å²) in [6, 6.07) is 2.05. The fourth-order valence-electron chi connectivity index (χ4n) is 4.71. The van der Waals surface area contributed by atoms with Gasteiger partial charge in [0.2, 0.25) is 5.88 Å². The lowest BCUT2D eigenvalue weighted by atomic mass is 10.0. The van der Waals surface area contributed by atoms with E-state index < -0.39 is 0 Å². The first kappa shape index (κ1) is 17.4. The van der Waals surface area contributed by atoms with Gasteiger partial charge in [-0.3, -0.25) is 4.79 Å². The van der Waals surface area contributed by atoms with E-state index in [9.17, 15) is 4.79 Å². The summed E-state index contributed by atoms with van der Waals surface area (Å²) < 4.78 is 11.5. The Balaban J connectivity index is 1.28. The van der Waals surface area contributed by atoms with Gasteiger partial charge in [0.1, 0.15) is 0 Å². The number of hydrogen-bond acceptors (Lipinski definition) is 5. The van der Waals surface area contributed by atoms with E-state index in [0.717, 1.165) is 69.2 Å². The molecule has 0 spiro atoms. The van der Waals surface area contributed by atoms with Crippen molar-refractivity contribution in [3.8, 4) is 5.88 Å². The van der Waals surface area contributed by atoms with Crippen LogP contribution in [0.3, 0.4) is 0 Å². The van der Waals surface area contributed by atoms with Crippen molar-refractivity contribution in [1.29, 1.82) is 0 Å². The number of hydrogen-bond donors (Lipinski definition) is 1. The van der Waals surface area contributed by atoms with Crippen molar-refractivity contribution in [2.45, 2.75) is 31.6 Å². The highest BCUT2D eigenvalue weighted by molar-refractivity contribution is 5.94. The molecule has 4 fully saturated rings. The van der Waals surface area contributed by atoms with Crippen molar-refractivity contribution in [3.63, 3.8) is 0 Å². The van der Waals surface area contributed by atoms with E-state index in [0.29, 0.717) is 30.3 Å². The highest BCUT2D eigenvalue weighted by atomic mass is 16.5. The molecule has 1 amide bonds. The van der Waals surface area contributed by atoms with Gasteiger partial charge in [-0.2, -0.15) is 0 Å². The first-order valence-corrected chi connectivity index (χ1v) is 10.5. The second-order valence-electron chi connectivity index (χ2n) is 8.65. The van der Waals surface area contributed by atoms with Crippen molar-refractivity contribution < 1.29 is 14.3 Å². The van der Waals surface area contributed by atoms with Gasteiger partial charge in [0.15, 0.2) is 0 Å². The smallest absolute Gasteiger partial charge is 0.255 e. The van der Waals surface area contributed by atoms with Crippen LogP contribution < -0.4 is 10.1 Å². The maximum Gasteiger partial charge on any atom is 0.255 e. The van der Waals surface area contributed by atoms with Crippen molar-refractivity contribution in [1.82, 2.24) is 15.2 Å². The molecule has 3 aliphatic heterocycles. The summed E-state index contributed by atoms with van der Waals surface area (Å²) in [4.78, 5) is 19.6. The number of likely N-dealkylation sites (tertiary alicyclic amines) is 1. The first-order valence-electron chi connectivity index (χ1n) is 10.5. The van der Waals surface area contributed by atoms with Crippen molar-refractivity contribution in [3.05, 3.63) is 23.4 Å². The summed E-state index contributed by atoms with van der Waals surface area (Å²) in [5.74, 6) is 3.17. The number of rotatable bonds is 5. The largest absolute Gasteiger partial charge is 0.477 e. The second-order valence-corrected chi connectivity index (χ2v) is 8.65. The molecule has 1 aliphatic carbocycles. The van der Waals surface area contributed by atoms with Crippen LogP contribution in [0.4, 0.5) is 0 Å². The van der Waals surface area contributed by atoms with Gasteiger partial charge in [-0.1, -0.05) is 0 Å². The van der Waals surface area contributed by atoms with Gasteiger partial charge < -0.3 is 19.7 Å². The van der Waals surface area contributed by atoms with E-state index in [1.165, 1.54) is 12.8 Å². The number of fused-ring (bicyclic) bond motifs is 1. The number of nitrogens with zero attached hydrogens (tertiary/aromatic N) is 2. The Bertz CT molecular complexity index is 688. The van der Waals surface area contributed by atoms with Crippen LogP contribution in [-0.4, -0.2) is 61.8 Å². The predicted molar refractivity (Wildman–Crippen MR) is 101 cm³/mol. The minimum Gasteiger partial charge on any atom is -0.477 e. The molecule has 0 aromatic carbocycles. The van der Waals surface area contributed by atoms with E-state index >= 15 is 0 Å². The summed E-state index contributed by atoms with van der Waals surface area (Å²) in [7, 11) is 0. The number of aromatic nitrogens is 1. The van der Waals surface area contributed by atoms with E-state index in [2.05, 4.69) is 16.4 Å². The quantitative estimate of drug-likeness (QED) is 0.858. The third kappa shape index (κ3) is 3.69. The number of carbonyl (C=O) groups excluding carboxylic acids is 1. The van der Waals surface area contributed by atoms with Crippen molar-refractivity contribution in [2.24, 2.45) is 17.8 Å². The maximum absolute atomic E-state index is 13.0. The van der Waals surface area contributed by atoms with Crippen LogP contribution in [0.2, 0.25) is 0 Å². The fraction of sp³-hybridized carbons (Fsp3) is 0.714. The number of ether oxygens (including phenoxy) is 2. The van der Waals surface area contributed by atoms with Crippen LogP contribution in [0, 0.1) is 17.8 Å². The SMILES string of the molecule is O=C(c1cnc(OCC2CCOCC2)c(C2CC2)c1)N1C[C@@H]2CNC[C@H]2C1. The molecule has 1 aromatic heterocycles. The topological polar surface area (TPSA) is 63.7 Å². The summed E-state index contributed by atoms with van der Waals surface area (Å²) in [6.45, 7) is 6.19. The highest BCUT2D eigenvalue weighted by Crippen LogP contribution is 2.44. The molecule has 0 unspecified atom stereocenters. The number of nitrogens with one attached hydrogen (secondary N) is 1. The molecule has 146 valence electrons. The van der Waals surface area contributed by atoms with Crippen LogP contribution >= 0.6 is 0 Å². The molecule has 3 saturated heterocycles. The first-order chi connectivity index (χ1) is 13.3. The minimum atomic E-state index is 0.134. The van der Waals surface area contributed by atoms with E-state index in [-0.39, 0.29) is 5.91 Å². The molecule has 6 nitrogen and oxygen atoms in total. The Labute approximate surface area is 160 Å². The Morgan fingerprint density at radius 2 is 1.93 bits per heavy atom. The van der Waals surface area contributed by atoms with Gasteiger partial charge in [-0.15, -0.1) is 0 Å². The van der Waals surface area contributed by atoms with Crippen molar-refractivity contribution in [2.75, 3.05) is 46.0 Å². The summed E-state index contributed by atoms with van der Waals surface area (Å²) in [5.41, 5.74) is 1.86. The molecular formula is C21H29N3O3. The van der Waals surface area contributed by atoms with Crippen LogP contribution in [0.25, 0.3) is 0 Å². The minimum absolute atomic E-state index is 0.134. The lowest BCUT2D eigenvalue weighted by molar-refractivity contribution is 0.0488. The zero-order valence-corrected chi connectivity index (χ0v) is 15.9. The molecule has 1 saturated carbocycles. The lowest BCUT2D eigenvalue weighted by Gasteiger charge is -2.23. The number of carbonyl (C=O) groups is 1. The Hall–Kier alpha value is -1.66. The molecular weight excluding hydrogens is 342 g/mol. The summed E-state index contributed by atoms with van der Waals surface area (Å²) in [5, 5.41) is 3.43. The molecule has 0 bridgehead atoms. The van der Waals surface area contributed by atoms with Crippen molar-refractivity contribution >= 4 is 5.91 Å². The molecule has 1 aromatic rings. The average molecular weight is 371 g/mol. The average Bonchev–Trinajstić information content (AvgIpc) is 3.33. The Kier molecular flexibility index (Phi) is 4.78. The predicted octanol–water partition coefficient (Wildman–Crippen LogP) is 2.06. The molecule has 5 rings (SSSR count). The maximum atomic E-state index is 13.0. The molecule has 2 atom stereocenters. The van der Waals surface area contributed by atoms with Gasteiger partial charge in [-0.05, 0) is 55.4 Å². The van der Waals surface area contributed by atoms with Crippen LogP contribution in [-0.2, 0) is 4.74 Å². The van der Waals surface area contributed by atoms with Crippen LogP contribution in [0.15, 0.2) is 12.3 Å². The third-order valence-corrected chi connectivity index (χ3v) is 6.62. The van der Waals surface area contributed by atoms with Gasteiger partial charge in [-0.25, -0.2) is 4.98 Å². The third-order valence-electron chi connectivity index (χ3n) is 6.62. The van der Waals surface area contributed by atoms with E-state index in [4.69, 9.17) is 9.47 Å². The molecule has 27 heavy (non-hydrogen) atoms. The molecule has 0 radical (unpaired) electrons. The van der Waals surface area contributed by atoms with Gasteiger partial charge in [0, 0.05) is 51.2 Å². The van der Waals surface area contributed by atoms with Crippen LogP contribution in [0.1, 0.15) is 47.5 Å². The van der Waals surface area contributed by atoms with Gasteiger partial charge in [0.25, 0.3) is 5.91 Å². The Morgan fingerprint density at radius 1 is 1.19 bits per heavy atom. The number of pyridine rings is 1. The molecule has 1 N–H and O–H groups in total. The normalized spacial score (nSPS) is 28.4. The number of amides is 1. The molecule has 6 heteroatoms. The highest BCUT2D eigenvalue weighted by Gasteiger charge is 2.38. The summed E-state index contributed by atoms with van der Waals surface area (Å²) in [6.07, 6.45) is 6.18. The van der Waals surface area contributed by atoms with E-state index in [1.54, 1.807) is 6.20 Å².